The molecule has 0 saturated heterocycles. The number of alkyl halides is 3. The monoisotopic (exact) mass is 493 g/mol. The molecule has 0 aliphatic heterocycles. The van der Waals surface area contributed by atoms with Gasteiger partial charge in [-0.2, -0.15) is 13.2 Å². The lowest BCUT2D eigenvalue weighted by Gasteiger charge is -2.09. The summed E-state index contributed by atoms with van der Waals surface area (Å²) in [7, 11) is 0. The van der Waals surface area contributed by atoms with E-state index in [0.29, 0.717) is 18.1 Å². The Morgan fingerprint density at radius 1 is 1.04 bits per heavy atom. The van der Waals surface area contributed by atoms with Gasteiger partial charge in [0.15, 0.2) is 5.96 Å². The molecule has 2 rings (SSSR count). The molecule has 8 heteroatoms. The number of rotatable bonds is 6. The summed E-state index contributed by atoms with van der Waals surface area (Å²) in [5.41, 5.74) is 10.7. The van der Waals surface area contributed by atoms with E-state index in [1.807, 2.05) is 32.0 Å². The molecule has 0 spiro atoms. The molecule has 4 nitrogen and oxygen atoms in total. The molecule has 27 heavy (non-hydrogen) atoms. The van der Waals surface area contributed by atoms with Crippen LogP contribution < -0.4 is 11.1 Å². The fourth-order valence-corrected chi connectivity index (χ4v) is 2.21. The fraction of sp³-hybridized carbons (Fsp3) is 0.316. The first-order valence-electron chi connectivity index (χ1n) is 8.09. The zero-order chi connectivity index (χ0) is 19.2. The van der Waals surface area contributed by atoms with E-state index < -0.39 is 12.8 Å². The van der Waals surface area contributed by atoms with Gasteiger partial charge in [0.05, 0.1) is 13.2 Å². The number of aryl methyl sites for hydroxylation is 2. The third-order valence-corrected chi connectivity index (χ3v) is 3.77. The van der Waals surface area contributed by atoms with Crippen LogP contribution in [0.3, 0.4) is 0 Å². The van der Waals surface area contributed by atoms with Crippen LogP contribution in [0.2, 0.25) is 0 Å². The molecule has 0 aromatic heterocycles. The van der Waals surface area contributed by atoms with Crippen molar-refractivity contribution in [2.24, 2.45) is 10.7 Å². The van der Waals surface area contributed by atoms with Crippen molar-refractivity contribution in [3.05, 3.63) is 64.7 Å². The molecule has 3 N–H and O–H groups in total. The van der Waals surface area contributed by atoms with Gasteiger partial charge >= 0.3 is 6.18 Å². The van der Waals surface area contributed by atoms with Crippen molar-refractivity contribution in [1.29, 1.82) is 0 Å². The van der Waals surface area contributed by atoms with Gasteiger partial charge in [0, 0.05) is 5.69 Å². The van der Waals surface area contributed by atoms with E-state index in [0.717, 1.165) is 16.8 Å². The Bertz CT molecular complexity index is 762. The van der Waals surface area contributed by atoms with Gasteiger partial charge in [-0.3, -0.25) is 0 Å². The first kappa shape index (κ1) is 23.2. The van der Waals surface area contributed by atoms with E-state index >= 15 is 0 Å². The number of halogens is 4. The molecular weight excluding hydrogens is 470 g/mol. The number of hydrogen-bond donors (Lipinski definition) is 2. The molecule has 2 aromatic carbocycles. The van der Waals surface area contributed by atoms with E-state index in [-0.39, 0.29) is 30.6 Å². The zero-order valence-corrected chi connectivity index (χ0v) is 17.5. The molecule has 2 aromatic rings. The molecule has 0 aliphatic rings. The van der Waals surface area contributed by atoms with Crippen LogP contribution in [0.25, 0.3) is 0 Å². The second kappa shape index (κ2) is 10.5. The smallest absolute Gasteiger partial charge is 0.370 e. The summed E-state index contributed by atoms with van der Waals surface area (Å²) >= 11 is 0. The van der Waals surface area contributed by atoms with Crippen LogP contribution in [-0.2, 0) is 17.9 Å². The maximum atomic E-state index is 12.0. The first-order valence-corrected chi connectivity index (χ1v) is 8.09. The lowest BCUT2D eigenvalue weighted by Crippen LogP contribution is -2.22. The topological polar surface area (TPSA) is 59.6 Å². The quantitative estimate of drug-likeness (QED) is 0.341. The molecule has 0 heterocycles. The summed E-state index contributed by atoms with van der Waals surface area (Å²) in [6.07, 6.45) is -4.31. The molecule has 0 bridgehead atoms. The van der Waals surface area contributed by atoms with Gasteiger partial charge in [-0.25, -0.2) is 4.99 Å². The molecule has 0 radical (unpaired) electrons. The lowest BCUT2D eigenvalue weighted by molar-refractivity contribution is -0.176. The van der Waals surface area contributed by atoms with Crippen LogP contribution in [0, 0.1) is 13.8 Å². The average molecular weight is 493 g/mol. The molecule has 0 atom stereocenters. The molecule has 0 saturated carbocycles. The summed E-state index contributed by atoms with van der Waals surface area (Å²) in [5, 5.41) is 3.03. The summed E-state index contributed by atoms with van der Waals surface area (Å²) in [6, 6.07) is 12.9. The summed E-state index contributed by atoms with van der Waals surface area (Å²) in [6.45, 7) is 3.09. The third-order valence-electron chi connectivity index (χ3n) is 3.77. The van der Waals surface area contributed by atoms with E-state index in [1.165, 1.54) is 5.56 Å². The fourth-order valence-electron chi connectivity index (χ4n) is 2.21. The van der Waals surface area contributed by atoms with Gasteiger partial charge in [0.25, 0.3) is 0 Å². The van der Waals surface area contributed by atoms with Crippen molar-refractivity contribution in [3.63, 3.8) is 0 Å². The number of guanidine groups is 1. The minimum atomic E-state index is -4.31. The predicted molar refractivity (Wildman–Crippen MR) is 112 cm³/mol. The normalized spacial score (nSPS) is 11.8. The minimum absolute atomic E-state index is 0. The predicted octanol–water partition coefficient (Wildman–Crippen LogP) is 4.93. The molecule has 148 valence electrons. The van der Waals surface area contributed by atoms with E-state index in [2.05, 4.69) is 15.0 Å². The Hall–Kier alpha value is -1.81. The second-order valence-electron chi connectivity index (χ2n) is 6.05. The Kier molecular flexibility index (Phi) is 9.04. The zero-order valence-electron chi connectivity index (χ0n) is 15.1. The van der Waals surface area contributed by atoms with Gasteiger partial charge in [-0.05, 0) is 48.2 Å². The number of anilines is 1. The molecule has 0 amide bonds. The molecule has 0 unspecified atom stereocenters. The Morgan fingerprint density at radius 2 is 1.67 bits per heavy atom. The van der Waals surface area contributed by atoms with Crippen LogP contribution in [0.15, 0.2) is 47.5 Å². The van der Waals surface area contributed by atoms with Crippen molar-refractivity contribution < 1.29 is 17.9 Å². The number of aliphatic imine (C=N–C) groups is 1. The first-order chi connectivity index (χ1) is 12.2. The van der Waals surface area contributed by atoms with Gasteiger partial charge in [0.1, 0.15) is 6.61 Å². The molecular formula is C19H23F3IN3O. The molecule has 0 aliphatic carbocycles. The average Bonchev–Trinajstić information content (AvgIpc) is 2.56. The van der Waals surface area contributed by atoms with Crippen LogP contribution >= 0.6 is 24.0 Å². The second-order valence-corrected chi connectivity index (χ2v) is 6.05. The summed E-state index contributed by atoms with van der Waals surface area (Å²) < 4.78 is 40.7. The van der Waals surface area contributed by atoms with Crippen LogP contribution in [-0.4, -0.2) is 18.7 Å². The number of nitrogens with one attached hydrogen (secondary N) is 1. The number of ether oxygens (including phenoxy) is 1. The number of hydrogen-bond acceptors (Lipinski definition) is 2. The lowest BCUT2D eigenvalue weighted by atomic mass is 10.1. The Labute approximate surface area is 174 Å². The summed E-state index contributed by atoms with van der Waals surface area (Å²) in [5.74, 6) is 0.297. The number of benzene rings is 2. The molecule has 0 fully saturated rings. The van der Waals surface area contributed by atoms with Crippen LogP contribution in [0.5, 0.6) is 0 Å². The van der Waals surface area contributed by atoms with Crippen molar-refractivity contribution in [2.45, 2.75) is 33.2 Å². The van der Waals surface area contributed by atoms with Gasteiger partial charge in [-0.15, -0.1) is 24.0 Å². The van der Waals surface area contributed by atoms with Crippen LogP contribution in [0.1, 0.15) is 22.3 Å². The standard InChI is InChI=1S/C19H22F3N3O.HI/c1-13-3-8-17(9-14(13)2)25-18(23)24-10-15-4-6-16(7-5-15)11-26-12-19(20,21)22;/h3-9H,10-12H2,1-2H3,(H3,23,24,25);1H. The maximum absolute atomic E-state index is 12.0. The highest BCUT2D eigenvalue weighted by Gasteiger charge is 2.27. The minimum Gasteiger partial charge on any atom is -0.370 e. The third kappa shape index (κ3) is 8.61. The van der Waals surface area contributed by atoms with Crippen molar-refractivity contribution in [3.8, 4) is 0 Å². The van der Waals surface area contributed by atoms with E-state index in [9.17, 15) is 13.2 Å². The van der Waals surface area contributed by atoms with Crippen molar-refractivity contribution in [1.82, 2.24) is 0 Å². The van der Waals surface area contributed by atoms with E-state index in [1.54, 1.807) is 24.3 Å². The highest BCUT2D eigenvalue weighted by molar-refractivity contribution is 14.0. The van der Waals surface area contributed by atoms with Crippen molar-refractivity contribution >= 4 is 35.6 Å². The van der Waals surface area contributed by atoms with E-state index in [4.69, 9.17) is 5.73 Å². The largest absolute Gasteiger partial charge is 0.411 e. The van der Waals surface area contributed by atoms with Gasteiger partial charge in [-0.1, -0.05) is 30.3 Å². The highest BCUT2D eigenvalue weighted by atomic mass is 127. The van der Waals surface area contributed by atoms with Gasteiger partial charge < -0.3 is 15.8 Å². The Balaban J connectivity index is 0.00000364. The SMILES string of the molecule is Cc1ccc(NC(N)=NCc2ccc(COCC(F)(F)F)cc2)cc1C.I. The number of nitrogens with two attached hydrogens (primary N) is 1. The Morgan fingerprint density at radius 3 is 2.26 bits per heavy atom. The van der Waals surface area contributed by atoms with Crippen molar-refractivity contribution in [2.75, 3.05) is 11.9 Å². The number of nitrogens with zero attached hydrogens (tertiary/aromatic N) is 1. The van der Waals surface area contributed by atoms with Crippen LogP contribution in [0.4, 0.5) is 18.9 Å². The highest BCUT2D eigenvalue weighted by Crippen LogP contribution is 2.16. The summed E-state index contributed by atoms with van der Waals surface area (Å²) in [4.78, 5) is 4.27. The maximum Gasteiger partial charge on any atom is 0.411 e. The van der Waals surface area contributed by atoms with Gasteiger partial charge in [0.2, 0.25) is 0 Å².